The fourth-order valence-corrected chi connectivity index (χ4v) is 3.96. The summed E-state index contributed by atoms with van der Waals surface area (Å²) in [6.07, 6.45) is 7.19. The van der Waals surface area contributed by atoms with Gasteiger partial charge >= 0.3 is 0 Å². The van der Waals surface area contributed by atoms with Gasteiger partial charge in [0, 0.05) is 17.8 Å². The zero-order chi connectivity index (χ0) is 14.4. The average Bonchev–Trinajstić information content (AvgIpc) is 3.09. The number of hydrogen-bond acceptors (Lipinski definition) is 5. The monoisotopic (exact) mass is 299 g/mol. The van der Waals surface area contributed by atoms with E-state index in [1.54, 1.807) is 6.26 Å². The van der Waals surface area contributed by atoms with Crippen LogP contribution in [0, 0.1) is 0 Å². The van der Waals surface area contributed by atoms with Crippen molar-refractivity contribution in [2.45, 2.75) is 43.3 Å². The zero-order valence-corrected chi connectivity index (χ0v) is 13.1. The molecule has 20 heavy (non-hydrogen) atoms. The maximum Gasteiger partial charge on any atom is 0.129 e. The van der Waals surface area contributed by atoms with Crippen molar-refractivity contribution in [1.82, 2.24) is 4.90 Å². The van der Waals surface area contributed by atoms with Gasteiger partial charge in [-0.25, -0.2) is 0 Å². The van der Waals surface area contributed by atoms with Crippen LogP contribution in [0.25, 0.3) is 0 Å². The van der Waals surface area contributed by atoms with Crippen LogP contribution in [-0.4, -0.2) is 53.9 Å². The fourth-order valence-electron chi connectivity index (χ4n) is 2.90. The van der Waals surface area contributed by atoms with Gasteiger partial charge in [0.1, 0.15) is 12.4 Å². The molecule has 1 fully saturated rings. The van der Waals surface area contributed by atoms with E-state index >= 15 is 0 Å². The van der Waals surface area contributed by atoms with Crippen LogP contribution in [0.1, 0.15) is 25.0 Å². The molecule has 1 saturated carbocycles. The summed E-state index contributed by atoms with van der Waals surface area (Å²) in [5.41, 5.74) is 0. The van der Waals surface area contributed by atoms with Crippen LogP contribution in [0.2, 0.25) is 0 Å². The first-order valence-electron chi connectivity index (χ1n) is 7.22. The standard InChI is InChI=1S/C15H25NO3S/c1-16(14-6-3-7-15(14)20-2)9-12(17)10-18-11-13-5-4-8-19-13/h4-5,8,12,14-15,17H,3,6-7,9-11H2,1-2H3. The van der Waals surface area contributed by atoms with E-state index in [1.807, 2.05) is 23.9 Å². The largest absolute Gasteiger partial charge is 0.467 e. The summed E-state index contributed by atoms with van der Waals surface area (Å²) in [7, 11) is 2.11. The smallest absolute Gasteiger partial charge is 0.129 e. The number of hydrogen-bond donors (Lipinski definition) is 1. The summed E-state index contributed by atoms with van der Waals surface area (Å²) in [5, 5.41) is 10.8. The van der Waals surface area contributed by atoms with Crippen molar-refractivity contribution >= 4 is 11.8 Å². The number of aliphatic hydroxyl groups is 1. The normalized spacial score (nSPS) is 24.4. The minimum absolute atomic E-state index is 0.349. The Morgan fingerprint density at radius 1 is 1.55 bits per heavy atom. The summed E-state index contributed by atoms with van der Waals surface area (Å²) < 4.78 is 10.7. The van der Waals surface area contributed by atoms with Crippen LogP contribution in [0.5, 0.6) is 0 Å². The van der Waals surface area contributed by atoms with Gasteiger partial charge in [0.2, 0.25) is 0 Å². The van der Waals surface area contributed by atoms with E-state index in [1.165, 1.54) is 19.3 Å². The highest BCUT2D eigenvalue weighted by Gasteiger charge is 2.30. The molecule has 0 saturated heterocycles. The van der Waals surface area contributed by atoms with Crippen LogP contribution < -0.4 is 0 Å². The number of thioether (sulfide) groups is 1. The van der Waals surface area contributed by atoms with Gasteiger partial charge < -0.3 is 14.3 Å². The summed E-state index contributed by atoms with van der Waals surface area (Å²) in [4.78, 5) is 2.29. The summed E-state index contributed by atoms with van der Waals surface area (Å²) in [6.45, 7) is 1.44. The third-order valence-corrected chi connectivity index (χ3v) is 5.08. The van der Waals surface area contributed by atoms with Gasteiger partial charge in [0.15, 0.2) is 0 Å². The third kappa shape index (κ3) is 4.52. The Balaban J connectivity index is 1.66. The predicted molar refractivity (Wildman–Crippen MR) is 81.9 cm³/mol. The molecule has 1 heterocycles. The molecule has 114 valence electrons. The van der Waals surface area contributed by atoms with Crippen molar-refractivity contribution in [3.63, 3.8) is 0 Å². The summed E-state index contributed by atoms with van der Waals surface area (Å²) in [5.74, 6) is 0.795. The number of likely N-dealkylation sites (N-methyl/N-ethyl adjacent to an activating group) is 1. The van der Waals surface area contributed by atoms with Crippen molar-refractivity contribution in [2.24, 2.45) is 0 Å². The summed E-state index contributed by atoms with van der Waals surface area (Å²) >= 11 is 1.95. The SMILES string of the molecule is CSC1CCCC1N(C)CC(O)COCc1ccco1. The minimum atomic E-state index is -0.446. The molecule has 0 spiro atoms. The van der Waals surface area contributed by atoms with Gasteiger partial charge in [0.25, 0.3) is 0 Å². The number of aliphatic hydroxyl groups excluding tert-OH is 1. The maximum absolute atomic E-state index is 10.1. The van der Waals surface area contributed by atoms with E-state index in [4.69, 9.17) is 9.15 Å². The van der Waals surface area contributed by atoms with Gasteiger partial charge in [-0.3, -0.25) is 4.90 Å². The second kappa shape index (κ2) is 8.08. The van der Waals surface area contributed by atoms with Crippen molar-refractivity contribution in [2.75, 3.05) is 26.5 Å². The molecule has 5 heteroatoms. The molecular formula is C15H25NO3S. The molecule has 1 aliphatic rings. The van der Waals surface area contributed by atoms with Crippen LogP contribution >= 0.6 is 11.8 Å². The van der Waals surface area contributed by atoms with E-state index in [-0.39, 0.29) is 0 Å². The molecule has 1 aliphatic carbocycles. The lowest BCUT2D eigenvalue weighted by molar-refractivity contribution is 0.00365. The highest BCUT2D eigenvalue weighted by Crippen LogP contribution is 2.31. The lowest BCUT2D eigenvalue weighted by atomic mass is 10.2. The van der Waals surface area contributed by atoms with Crippen molar-refractivity contribution < 1.29 is 14.3 Å². The first-order valence-corrected chi connectivity index (χ1v) is 8.50. The minimum Gasteiger partial charge on any atom is -0.467 e. The van der Waals surface area contributed by atoms with Crippen molar-refractivity contribution in [1.29, 1.82) is 0 Å². The van der Waals surface area contributed by atoms with E-state index in [0.29, 0.717) is 31.1 Å². The molecule has 1 aromatic heterocycles. The molecule has 1 N–H and O–H groups in total. The van der Waals surface area contributed by atoms with E-state index < -0.39 is 6.10 Å². The molecule has 0 aliphatic heterocycles. The Morgan fingerprint density at radius 3 is 3.10 bits per heavy atom. The number of rotatable bonds is 8. The van der Waals surface area contributed by atoms with Crippen molar-refractivity contribution in [3.8, 4) is 0 Å². The van der Waals surface area contributed by atoms with Gasteiger partial charge in [-0.2, -0.15) is 11.8 Å². The quantitative estimate of drug-likeness (QED) is 0.798. The highest BCUT2D eigenvalue weighted by molar-refractivity contribution is 7.99. The molecule has 0 amide bonds. The highest BCUT2D eigenvalue weighted by atomic mass is 32.2. The zero-order valence-electron chi connectivity index (χ0n) is 12.3. The second-order valence-corrected chi connectivity index (χ2v) is 6.54. The van der Waals surface area contributed by atoms with Crippen LogP contribution in [-0.2, 0) is 11.3 Å². The number of ether oxygens (including phenoxy) is 1. The number of nitrogens with zero attached hydrogens (tertiary/aromatic N) is 1. The summed E-state index contributed by atoms with van der Waals surface area (Å²) in [6, 6.07) is 4.30. The second-order valence-electron chi connectivity index (χ2n) is 5.46. The lowest BCUT2D eigenvalue weighted by Gasteiger charge is -2.30. The first kappa shape index (κ1) is 15.9. The third-order valence-electron chi connectivity index (χ3n) is 3.92. The van der Waals surface area contributed by atoms with Gasteiger partial charge in [0.05, 0.1) is 19.0 Å². The molecule has 3 unspecified atom stereocenters. The molecule has 3 atom stereocenters. The predicted octanol–water partition coefficient (Wildman–Crippen LogP) is 2.37. The maximum atomic E-state index is 10.1. The Kier molecular flexibility index (Phi) is 6.42. The first-order chi connectivity index (χ1) is 9.70. The van der Waals surface area contributed by atoms with Crippen molar-refractivity contribution in [3.05, 3.63) is 24.2 Å². The van der Waals surface area contributed by atoms with E-state index in [2.05, 4.69) is 18.2 Å². The Morgan fingerprint density at radius 2 is 2.40 bits per heavy atom. The molecular weight excluding hydrogens is 274 g/mol. The topological polar surface area (TPSA) is 45.8 Å². The molecule has 2 rings (SSSR count). The molecule has 0 aromatic carbocycles. The van der Waals surface area contributed by atoms with Gasteiger partial charge in [-0.1, -0.05) is 6.42 Å². The average molecular weight is 299 g/mol. The molecule has 0 radical (unpaired) electrons. The lowest BCUT2D eigenvalue weighted by Crippen LogP contribution is -2.41. The molecule has 4 nitrogen and oxygen atoms in total. The van der Waals surface area contributed by atoms with E-state index in [0.717, 1.165) is 5.76 Å². The molecule has 0 bridgehead atoms. The van der Waals surface area contributed by atoms with E-state index in [9.17, 15) is 5.11 Å². The molecule has 1 aromatic rings. The Bertz CT molecular complexity index is 371. The van der Waals surface area contributed by atoms with Crippen LogP contribution in [0.15, 0.2) is 22.8 Å². The van der Waals surface area contributed by atoms with Gasteiger partial charge in [-0.15, -0.1) is 0 Å². The Hall–Kier alpha value is -0.490. The number of furan rings is 1. The fraction of sp³-hybridized carbons (Fsp3) is 0.733. The Labute approximate surface area is 125 Å². The van der Waals surface area contributed by atoms with Crippen LogP contribution in [0.3, 0.4) is 0 Å². The van der Waals surface area contributed by atoms with Crippen LogP contribution in [0.4, 0.5) is 0 Å². The van der Waals surface area contributed by atoms with Gasteiger partial charge in [-0.05, 0) is 38.3 Å².